The molecule has 0 aliphatic carbocycles. The predicted molar refractivity (Wildman–Crippen MR) is 54.7 cm³/mol. The summed E-state index contributed by atoms with van der Waals surface area (Å²) in [6.07, 6.45) is 1.40. The zero-order valence-corrected chi connectivity index (χ0v) is 8.65. The molecule has 0 aromatic carbocycles. The van der Waals surface area contributed by atoms with Crippen LogP contribution in [0.25, 0.3) is 0 Å². The van der Waals surface area contributed by atoms with Crippen molar-refractivity contribution < 1.29 is 0 Å². The van der Waals surface area contributed by atoms with Crippen LogP contribution in [0.3, 0.4) is 0 Å². The van der Waals surface area contributed by atoms with E-state index in [9.17, 15) is 0 Å². The Morgan fingerprint density at radius 2 is 2.07 bits per heavy atom. The lowest BCUT2D eigenvalue weighted by Crippen LogP contribution is -2.22. The van der Waals surface area contributed by atoms with Gasteiger partial charge in [-0.2, -0.15) is 5.26 Å². The molecular formula is C10H14N4. The number of nitriles is 1. The number of anilines is 1. The van der Waals surface area contributed by atoms with E-state index in [1.807, 2.05) is 6.07 Å². The van der Waals surface area contributed by atoms with Crippen LogP contribution in [0.5, 0.6) is 0 Å². The fourth-order valence-electron chi connectivity index (χ4n) is 0.897. The normalized spacial score (nSPS) is 12.2. The predicted octanol–water partition coefficient (Wildman–Crippen LogP) is 1.80. The Bertz CT molecular complexity index is 340. The summed E-state index contributed by atoms with van der Waals surface area (Å²) < 4.78 is 0. The molecule has 1 unspecified atom stereocenters. The van der Waals surface area contributed by atoms with Gasteiger partial charge in [0.25, 0.3) is 0 Å². The molecule has 0 saturated heterocycles. The molecule has 1 aromatic heterocycles. The standard InChI is InChI=1S/C10H14N4/c1-7(2)8(3)14-10-4-9(5-11)12-6-13-10/h4,6-8H,1-3H3,(H,12,13,14). The average Bonchev–Trinajstić information content (AvgIpc) is 2.18. The molecule has 0 saturated carbocycles. The zero-order chi connectivity index (χ0) is 10.6. The van der Waals surface area contributed by atoms with Crippen LogP contribution in [0, 0.1) is 17.2 Å². The lowest BCUT2D eigenvalue weighted by Gasteiger charge is -2.17. The molecule has 0 aliphatic heterocycles. The van der Waals surface area contributed by atoms with E-state index in [0.29, 0.717) is 23.5 Å². The number of nitrogens with zero attached hydrogens (tertiary/aromatic N) is 3. The molecule has 1 N–H and O–H groups in total. The summed E-state index contributed by atoms with van der Waals surface area (Å²) in [5.74, 6) is 1.23. The molecule has 0 radical (unpaired) electrons. The molecule has 1 rings (SSSR count). The quantitative estimate of drug-likeness (QED) is 0.789. The van der Waals surface area contributed by atoms with Crippen molar-refractivity contribution >= 4 is 5.82 Å². The van der Waals surface area contributed by atoms with Gasteiger partial charge in [0.15, 0.2) is 0 Å². The third-order valence-corrected chi connectivity index (χ3v) is 2.16. The Balaban J connectivity index is 2.73. The number of rotatable bonds is 3. The highest BCUT2D eigenvalue weighted by Gasteiger charge is 2.07. The van der Waals surface area contributed by atoms with E-state index in [2.05, 4.69) is 36.1 Å². The highest BCUT2D eigenvalue weighted by atomic mass is 15.0. The van der Waals surface area contributed by atoms with E-state index in [4.69, 9.17) is 5.26 Å². The Labute approximate surface area is 84.0 Å². The minimum absolute atomic E-state index is 0.330. The van der Waals surface area contributed by atoms with Crippen LogP contribution in [0.2, 0.25) is 0 Å². The summed E-state index contributed by atoms with van der Waals surface area (Å²) >= 11 is 0. The van der Waals surface area contributed by atoms with E-state index in [0.717, 1.165) is 0 Å². The third-order valence-electron chi connectivity index (χ3n) is 2.16. The van der Waals surface area contributed by atoms with Crippen molar-refractivity contribution in [3.63, 3.8) is 0 Å². The molecule has 4 nitrogen and oxygen atoms in total. The van der Waals surface area contributed by atoms with Crippen LogP contribution >= 0.6 is 0 Å². The molecule has 0 amide bonds. The average molecular weight is 190 g/mol. The monoisotopic (exact) mass is 190 g/mol. The van der Waals surface area contributed by atoms with Crippen molar-refractivity contribution in [1.29, 1.82) is 5.26 Å². The smallest absolute Gasteiger partial charge is 0.145 e. The van der Waals surface area contributed by atoms with E-state index in [1.54, 1.807) is 6.07 Å². The molecule has 4 heteroatoms. The Kier molecular flexibility index (Phi) is 3.41. The van der Waals surface area contributed by atoms with Gasteiger partial charge in [0.2, 0.25) is 0 Å². The highest BCUT2D eigenvalue weighted by Crippen LogP contribution is 2.09. The van der Waals surface area contributed by atoms with Crippen LogP contribution in [0.15, 0.2) is 12.4 Å². The molecule has 1 aromatic rings. The van der Waals surface area contributed by atoms with E-state index < -0.39 is 0 Å². The van der Waals surface area contributed by atoms with Crippen molar-refractivity contribution in [2.24, 2.45) is 5.92 Å². The van der Waals surface area contributed by atoms with Crippen LogP contribution in [0.4, 0.5) is 5.82 Å². The second-order valence-electron chi connectivity index (χ2n) is 3.58. The van der Waals surface area contributed by atoms with Gasteiger partial charge in [0.05, 0.1) is 0 Å². The number of nitrogens with one attached hydrogen (secondary N) is 1. The molecule has 14 heavy (non-hydrogen) atoms. The Hall–Kier alpha value is -1.63. The van der Waals surface area contributed by atoms with Gasteiger partial charge in [-0.1, -0.05) is 13.8 Å². The molecule has 0 bridgehead atoms. The molecule has 0 fully saturated rings. The molecule has 1 atom stereocenters. The maximum Gasteiger partial charge on any atom is 0.145 e. The van der Waals surface area contributed by atoms with Gasteiger partial charge in [-0.05, 0) is 12.8 Å². The first-order chi connectivity index (χ1) is 6.63. The molecular weight excluding hydrogens is 176 g/mol. The summed E-state index contributed by atoms with van der Waals surface area (Å²) in [4.78, 5) is 7.83. The van der Waals surface area contributed by atoms with Gasteiger partial charge in [-0.15, -0.1) is 0 Å². The number of hydrogen-bond acceptors (Lipinski definition) is 4. The van der Waals surface area contributed by atoms with Crippen LogP contribution in [-0.2, 0) is 0 Å². The topological polar surface area (TPSA) is 61.6 Å². The van der Waals surface area contributed by atoms with Gasteiger partial charge >= 0.3 is 0 Å². The summed E-state index contributed by atoms with van der Waals surface area (Å²) in [5.41, 5.74) is 0.387. The fourth-order valence-corrected chi connectivity index (χ4v) is 0.897. The van der Waals surface area contributed by atoms with E-state index in [-0.39, 0.29) is 0 Å². The first-order valence-corrected chi connectivity index (χ1v) is 4.62. The number of aromatic nitrogens is 2. The van der Waals surface area contributed by atoms with Crippen molar-refractivity contribution in [1.82, 2.24) is 9.97 Å². The molecule has 74 valence electrons. The second-order valence-corrected chi connectivity index (χ2v) is 3.58. The zero-order valence-electron chi connectivity index (χ0n) is 8.65. The summed E-state index contributed by atoms with van der Waals surface area (Å²) in [5, 5.41) is 11.9. The Morgan fingerprint density at radius 1 is 1.36 bits per heavy atom. The number of hydrogen-bond donors (Lipinski definition) is 1. The van der Waals surface area contributed by atoms with Crippen LogP contribution in [0.1, 0.15) is 26.5 Å². The summed E-state index contributed by atoms with van der Waals surface area (Å²) in [6.45, 7) is 6.34. The second kappa shape index (κ2) is 4.56. The first kappa shape index (κ1) is 10.5. The van der Waals surface area contributed by atoms with Crippen molar-refractivity contribution in [3.05, 3.63) is 18.1 Å². The van der Waals surface area contributed by atoms with Crippen molar-refractivity contribution in [3.8, 4) is 6.07 Å². The molecule has 0 spiro atoms. The summed E-state index contributed by atoms with van der Waals surface area (Å²) in [6, 6.07) is 3.96. The van der Waals surface area contributed by atoms with E-state index in [1.165, 1.54) is 6.33 Å². The summed E-state index contributed by atoms with van der Waals surface area (Å²) in [7, 11) is 0. The van der Waals surface area contributed by atoms with Gasteiger partial charge in [0, 0.05) is 12.1 Å². The van der Waals surface area contributed by atoms with Gasteiger partial charge < -0.3 is 5.32 Å². The van der Waals surface area contributed by atoms with Gasteiger partial charge in [-0.3, -0.25) is 0 Å². The fraction of sp³-hybridized carbons (Fsp3) is 0.500. The van der Waals surface area contributed by atoms with Crippen molar-refractivity contribution in [2.75, 3.05) is 5.32 Å². The van der Waals surface area contributed by atoms with Gasteiger partial charge in [0.1, 0.15) is 23.9 Å². The maximum atomic E-state index is 8.64. The SMILES string of the molecule is CC(C)C(C)Nc1cc(C#N)ncn1. The lowest BCUT2D eigenvalue weighted by molar-refractivity contribution is 0.558. The molecule has 1 heterocycles. The van der Waals surface area contributed by atoms with E-state index >= 15 is 0 Å². The maximum absolute atomic E-state index is 8.64. The highest BCUT2D eigenvalue weighted by molar-refractivity contribution is 5.39. The van der Waals surface area contributed by atoms with Crippen molar-refractivity contribution in [2.45, 2.75) is 26.8 Å². The minimum atomic E-state index is 0.330. The third kappa shape index (κ3) is 2.70. The van der Waals surface area contributed by atoms with Gasteiger partial charge in [-0.25, -0.2) is 9.97 Å². The van der Waals surface area contributed by atoms with Crippen LogP contribution in [-0.4, -0.2) is 16.0 Å². The lowest BCUT2D eigenvalue weighted by atomic mass is 10.1. The first-order valence-electron chi connectivity index (χ1n) is 4.62. The van der Waals surface area contributed by atoms with Crippen LogP contribution < -0.4 is 5.32 Å². The Morgan fingerprint density at radius 3 is 2.64 bits per heavy atom. The largest absolute Gasteiger partial charge is 0.367 e. The molecule has 0 aliphatic rings. The minimum Gasteiger partial charge on any atom is -0.367 e.